The van der Waals surface area contributed by atoms with Crippen molar-refractivity contribution in [1.29, 1.82) is 0 Å². The molecule has 2 aromatic heterocycles. The van der Waals surface area contributed by atoms with E-state index >= 15 is 0 Å². The lowest BCUT2D eigenvalue weighted by atomic mass is 10.4. The topological polar surface area (TPSA) is 105 Å². The average Bonchev–Trinajstić information content (AvgIpc) is 2.96. The molecule has 0 aliphatic carbocycles. The van der Waals surface area contributed by atoms with Crippen LogP contribution in [0, 0.1) is 10.1 Å². The molecule has 0 fully saturated rings. The Morgan fingerprint density at radius 3 is 1.90 bits per heavy atom. The van der Waals surface area contributed by atoms with Crippen LogP contribution in [-0.2, 0) is 0 Å². The third kappa shape index (κ3) is 3.81. The van der Waals surface area contributed by atoms with E-state index in [9.17, 15) is 10.1 Å². The van der Waals surface area contributed by atoms with E-state index in [2.05, 4.69) is 23.8 Å². The number of aromatic nitrogens is 4. The predicted molar refractivity (Wildman–Crippen MR) is 76.3 cm³/mol. The molecule has 0 unspecified atom stereocenters. The SMILES string of the molecule is CC(C)n1cncc1N.CC(C)n1cncc1[N+](=O)[O-]. The van der Waals surface area contributed by atoms with E-state index in [-0.39, 0.29) is 11.9 Å². The van der Waals surface area contributed by atoms with Gasteiger partial charge in [-0.1, -0.05) is 0 Å². The first-order chi connectivity index (χ1) is 9.34. The number of anilines is 1. The zero-order valence-electron chi connectivity index (χ0n) is 12.1. The lowest BCUT2D eigenvalue weighted by molar-refractivity contribution is -0.392. The summed E-state index contributed by atoms with van der Waals surface area (Å²) in [6.45, 7) is 7.87. The molecule has 110 valence electrons. The van der Waals surface area contributed by atoms with Crippen molar-refractivity contribution >= 4 is 11.6 Å². The fourth-order valence-electron chi connectivity index (χ4n) is 1.58. The normalized spacial score (nSPS) is 10.5. The number of hydrogen-bond acceptors (Lipinski definition) is 5. The summed E-state index contributed by atoms with van der Waals surface area (Å²) >= 11 is 0. The molecule has 0 aliphatic heterocycles. The summed E-state index contributed by atoms with van der Waals surface area (Å²) in [7, 11) is 0. The van der Waals surface area contributed by atoms with E-state index < -0.39 is 4.92 Å². The summed E-state index contributed by atoms with van der Waals surface area (Å²) in [5.41, 5.74) is 5.54. The van der Waals surface area contributed by atoms with Gasteiger partial charge >= 0.3 is 5.82 Å². The molecular formula is C12H20N6O2. The number of nitro groups is 1. The van der Waals surface area contributed by atoms with Crippen LogP contribution in [0.4, 0.5) is 11.6 Å². The molecule has 2 aromatic rings. The van der Waals surface area contributed by atoms with Crippen LogP contribution in [-0.4, -0.2) is 24.0 Å². The third-order valence-corrected chi connectivity index (χ3v) is 2.64. The highest BCUT2D eigenvalue weighted by Crippen LogP contribution is 2.15. The van der Waals surface area contributed by atoms with Crippen LogP contribution in [0.1, 0.15) is 39.8 Å². The Balaban J connectivity index is 0.000000204. The second-order valence-corrected chi connectivity index (χ2v) is 4.83. The van der Waals surface area contributed by atoms with Gasteiger partial charge < -0.3 is 20.4 Å². The first kappa shape index (κ1) is 15.7. The molecule has 0 saturated heterocycles. The monoisotopic (exact) mass is 280 g/mol. The Hall–Kier alpha value is -2.38. The van der Waals surface area contributed by atoms with Crippen molar-refractivity contribution in [2.75, 3.05) is 5.73 Å². The fraction of sp³-hybridized carbons (Fsp3) is 0.500. The highest BCUT2D eigenvalue weighted by molar-refractivity contribution is 5.25. The van der Waals surface area contributed by atoms with E-state index in [0.717, 1.165) is 5.82 Å². The molecule has 20 heavy (non-hydrogen) atoms. The summed E-state index contributed by atoms with van der Waals surface area (Å²) in [5.74, 6) is 0.769. The van der Waals surface area contributed by atoms with Gasteiger partial charge in [-0.3, -0.25) is 0 Å². The minimum absolute atomic E-state index is 0.0417. The Morgan fingerprint density at radius 1 is 1.10 bits per heavy atom. The van der Waals surface area contributed by atoms with Crippen LogP contribution in [0.25, 0.3) is 0 Å². The molecule has 0 aliphatic rings. The van der Waals surface area contributed by atoms with Crippen LogP contribution < -0.4 is 5.73 Å². The molecule has 0 bridgehead atoms. The van der Waals surface area contributed by atoms with Crippen molar-refractivity contribution in [3.8, 4) is 0 Å². The van der Waals surface area contributed by atoms with Gasteiger partial charge in [0.2, 0.25) is 0 Å². The highest BCUT2D eigenvalue weighted by atomic mass is 16.6. The van der Waals surface area contributed by atoms with E-state index in [0.29, 0.717) is 6.04 Å². The molecule has 0 saturated carbocycles. The van der Waals surface area contributed by atoms with Crippen molar-refractivity contribution < 1.29 is 4.92 Å². The van der Waals surface area contributed by atoms with Crippen molar-refractivity contribution in [2.24, 2.45) is 0 Å². The van der Waals surface area contributed by atoms with Gasteiger partial charge in [0.25, 0.3) is 0 Å². The number of hydrogen-bond donors (Lipinski definition) is 1. The maximum atomic E-state index is 10.3. The molecule has 0 aromatic carbocycles. The first-order valence-electron chi connectivity index (χ1n) is 6.28. The summed E-state index contributed by atoms with van der Waals surface area (Å²) < 4.78 is 3.43. The fourth-order valence-corrected chi connectivity index (χ4v) is 1.58. The average molecular weight is 280 g/mol. The molecule has 2 N–H and O–H groups in total. The van der Waals surface area contributed by atoms with Gasteiger partial charge in [0.1, 0.15) is 12.0 Å². The zero-order valence-corrected chi connectivity index (χ0v) is 12.1. The van der Waals surface area contributed by atoms with Crippen molar-refractivity contribution in [2.45, 2.75) is 39.8 Å². The molecule has 2 heterocycles. The quantitative estimate of drug-likeness (QED) is 0.686. The smallest absolute Gasteiger partial charge is 0.342 e. The predicted octanol–water partition coefficient (Wildman–Crippen LogP) is 2.42. The first-order valence-corrected chi connectivity index (χ1v) is 6.28. The molecule has 0 amide bonds. The van der Waals surface area contributed by atoms with E-state index in [4.69, 9.17) is 5.73 Å². The Morgan fingerprint density at radius 2 is 1.60 bits per heavy atom. The van der Waals surface area contributed by atoms with Gasteiger partial charge in [-0.25, -0.2) is 14.5 Å². The van der Waals surface area contributed by atoms with Crippen LogP contribution >= 0.6 is 0 Å². The van der Waals surface area contributed by atoms with Gasteiger partial charge in [0, 0.05) is 6.04 Å². The molecule has 8 heteroatoms. The number of imidazole rings is 2. The van der Waals surface area contributed by atoms with Crippen molar-refractivity contribution in [3.63, 3.8) is 0 Å². The third-order valence-electron chi connectivity index (χ3n) is 2.64. The van der Waals surface area contributed by atoms with Crippen LogP contribution in [0.5, 0.6) is 0 Å². The van der Waals surface area contributed by atoms with Crippen LogP contribution in [0.2, 0.25) is 0 Å². The zero-order chi connectivity index (χ0) is 15.3. The maximum Gasteiger partial charge on any atom is 0.342 e. The largest absolute Gasteiger partial charge is 0.384 e. The van der Waals surface area contributed by atoms with Crippen LogP contribution in [0.15, 0.2) is 25.0 Å². The molecular weight excluding hydrogens is 260 g/mol. The Bertz CT molecular complexity index is 558. The number of nitrogens with zero attached hydrogens (tertiary/aromatic N) is 5. The van der Waals surface area contributed by atoms with Crippen molar-refractivity contribution in [1.82, 2.24) is 19.1 Å². The van der Waals surface area contributed by atoms with E-state index in [1.165, 1.54) is 17.1 Å². The van der Waals surface area contributed by atoms with Crippen molar-refractivity contribution in [3.05, 3.63) is 35.2 Å². The van der Waals surface area contributed by atoms with Gasteiger partial charge in [0.15, 0.2) is 6.33 Å². The second-order valence-electron chi connectivity index (χ2n) is 4.83. The van der Waals surface area contributed by atoms with Crippen LogP contribution in [0.3, 0.4) is 0 Å². The van der Waals surface area contributed by atoms with Gasteiger partial charge in [-0.15, -0.1) is 0 Å². The molecule has 2 rings (SSSR count). The Labute approximate surface area is 117 Å². The second kappa shape index (κ2) is 6.69. The lowest BCUT2D eigenvalue weighted by Crippen LogP contribution is -2.03. The molecule has 0 spiro atoms. The summed E-state index contributed by atoms with van der Waals surface area (Å²) in [5, 5.41) is 10.3. The minimum atomic E-state index is -0.438. The van der Waals surface area contributed by atoms with E-state index in [1.54, 1.807) is 12.5 Å². The Kier molecular flexibility index (Phi) is 5.24. The standard InChI is InChI=1S/C6H9N3O2.C6H11N3/c1-5(2)8-4-7-3-6(8)9(10)11;1-5(2)9-4-8-3-6(9)7/h3-5H,1-2H3;3-5H,7H2,1-2H3. The molecule has 0 radical (unpaired) electrons. The summed E-state index contributed by atoms with van der Waals surface area (Å²) in [6.07, 6.45) is 6.10. The van der Waals surface area contributed by atoms with Gasteiger partial charge in [-0.05, 0) is 32.6 Å². The highest BCUT2D eigenvalue weighted by Gasteiger charge is 2.14. The molecule has 8 nitrogen and oxygen atoms in total. The number of nitrogens with two attached hydrogens (primary N) is 1. The number of rotatable bonds is 3. The maximum absolute atomic E-state index is 10.3. The van der Waals surface area contributed by atoms with Gasteiger partial charge in [-0.2, -0.15) is 0 Å². The summed E-state index contributed by atoms with van der Waals surface area (Å²) in [6, 6.07) is 0.491. The summed E-state index contributed by atoms with van der Waals surface area (Å²) in [4.78, 5) is 17.5. The molecule has 0 atom stereocenters. The van der Waals surface area contributed by atoms with E-state index in [1.807, 2.05) is 18.4 Å². The lowest BCUT2D eigenvalue weighted by Gasteiger charge is -2.06. The number of nitrogen functional groups attached to an aromatic ring is 1. The van der Waals surface area contributed by atoms with Gasteiger partial charge in [0.05, 0.1) is 18.6 Å². The minimum Gasteiger partial charge on any atom is -0.384 e.